The third kappa shape index (κ3) is 4.76. The van der Waals surface area contributed by atoms with Gasteiger partial charge in [0.25, 0.3) is 5.91 Å². The molecule has 0 radical (unpaired) electrons. The molecular weight excluding hydrogens is 425 g/mol. The van der Waals surface area contributed by atoms with Crippen molar-refractivity contribution in [2.45, 2.75) is 51.2 Å². The summed E-state index contributed by atoms with van der Waals surface area (Å²) >= 11 is 0. The van der Waals surface area contributed by atoms with Gasteiger partial charge in [0, 0.05) is 23.6 Å². The molecule has 2 saturated carbocycles. The molecule has 3 aromatic rings. The number of nitrogens with zero attached hydrogens (tertiary/aromatic N) is 4. The molecule has 0 saturated heterocycles. The van der Waals surface area contributed by atoms with Crippen LogP contribution in [0.4, 0.5) is 4.39 Å². The van der Waals surface area contributed by atoms with E-state index in [2.05, 4.69) is 20.7 Å². The van der Waals surface area contributed by atoms with Crippen LogP contribution >= 0.6 is 0 Å². The average molecular weight is 449 g/mol. The van der Waals surface area contributed by atoms with Crippen molar-refractivity contribution < 1.29 is 18.7 Å². The van der Waals surface area contributed by atoms with Crippen molar-refractivity contribution in [3.05, 3.63) is 65.2 Å². The number of hydrogen-bond acceptors (Lipinski definition) is 6. The Bertz CT molecular complexity index is 1190. The van der Waals surface area contributed by atoms with E-state index in [1.165, 1.54) is 16.9 Å². The van der Waals surface area contributed by atoms with Gasteiger partial charge in [-0.3, -0.25) is 9.59 Å². The van der Waals surface area contributed by atoms with E-state index < -0.39 is 17.8 Å². The van der Waals surface area contributed by atoms with E-state index in [0.717, 1.165) is 25.7 Å². The molecule has 170 valence electrons. The maximum Gasteiger partial charge on any atom is 0.254 e. The Kier molecular flexibility index (Phi) is 5.62. The lowest BCUT2D eigenvalue weighted by Gasteiger charge is -2.14. The van der Waals surface area contributed by atoms with Crippen LogP contribution in [0, 0.1) is 11.7 Å². The van der Waals surface area contributed by atoms with Crippen LogP contribution in [0.1, 0.15) is 71.7 Å². The predicted octanol–water partition coefficient (Wildman–Crippen LogP) is 3.82. The fourth-order valence-electron chi connectivity index (χ4n) is 3.53. The first-order chi connectivity index (χ1) is 16.0. The minimum atomic E-state index is -0.645. The molecule has 1 aromatic heterocycles. The van der Waals surface area contributed by atoms with E-state index in [4.69, 9.17) is 4.74 Å². The number of benzene rings is 2. The smallest absolute Gasteiger partial charge is 0.254 e. The summed E-state index contributed by atoms with van der Waals surface area (Å²) in [4.78, 5) is 25.5. The summed E-state index contributed by atoms with van der Waals surface area (Å²) in [6.45, 7) is 1.93. The normalized spacial score (nSPS) is 16.3. The van der Waals surface area contributed by atoms with Crippen molar-refractivity contribution in [3.8, 4) is 11.4 Å². The van der Waals surface area contributed by atoms with Crippen LogP contribution < -0.4 is 10.1 Å². The molecule has 1 amide bonds. The van der Waals surface area contributed by atoms with Crippen LogP contribution in [0.25, 0.3) is 5.69 Å². The molecule has 9 heteroatoms. The highest BCUT2D eigenvalue weighted by Gasteiger charge is 2.30. The predicted molar refractivity (Wildman–Crippen MR) is 117 cm³/mol. The Balaban J connectivity index is 1.28. The van der Waals surface area contributed by atoms with Crippen LogP contribution in [-0.4, -0.2) is 37.9 Å². The van der Waals surface area contributed by atoms with E-state index in [0.29, 0.717) is 29.2 Å². The van der Waals surface area contributed by atoms with Gasteiger partial charge in [-0.1, -0.05) is 6.92 Å². The Labute approximate surface area is 190 Å². The number of ether oxygens (including phenoxy) is 1. The van der Waals surface area contributed by atoms with Crippen LogP contribution in [0.5, 0.6) is 5.75 Å². The summed E-state index contributed by atoms with van der Waals surface area (Å²) < 4.78 is 20.5. The van der Waals surface area contributed by atoms with Gasteiger partial charge in [-0.05, 0) is 73.7 Å². The molecule has 0 bridgehead atoms. The maximum atomic E-state index is 14.5. The molecule has 0 aliphatic heterocycles. The number of amides is 1. The van der Waals surface area contributed by atoms with Crippen LogP contribution in [0.2, 0.25) is 0 Å². The fraction of sp³-hybridized carbons (Fsp3) is 0.375. The van der Waals surface area contributed by atoms with Gasteiger partial charge in [-0.2, -0.15) is 0 Å². The molecule has 1 heterocycles. The quantitative estimate of drug-likeness (QED) is 0.499. The second-order valence-electron chi connectivity index (χ2n) is 8.53. The van der Waals surface area contributed by atoms with E-state index >= 15 is 0 Å². The van der Waals surface area contributed by atoms with Crippen LogP contribution in [0.15, 0.2) is 42.5 Å². The molecule has 1 unspecified atom stereocenters. The van der Waals surface area contributed by atoms with Gasteiger partial charge in [0.2, 0.25) is 5.82 Å². The van der Waals surface area contributed by atoms with Crippen molar-refractivity contribution in [2.24, 2.45) is 5.92 Å². The molecule has 1 atom stereocenters. The Hall–Kier alpha value is -3.62. The van der Waals surface area contributed by atoms with Gasteiger partial charge >= 0.3 is 0 Å². The molecule has 2 aliphatic carbocycles. The number of rotatable bonds is 9. The monoisotopic (exact) mass is 449 g/mol. The number of tetrazole rings is 1. The number of nitrogens with one attached hydrogen (secondary N) is 1. The van der Waals surface area contributed by atoms with Crippen LogP contribution in [-0.2, 0) is 0 Å². The first-order valence-corrected chi connectivity index (χ1v) is 11.2. The van der Waals surface area contributed by atoms with E-state index in [1.807, 2.05) is 6.92 Å². The van der Waals surface area contributed by atoms with Crippen LogP contribution in [0.3, 0.4) is 0 Å². The van der Waals surface area contributed by atoms with Gasteiger partial charge in [0.1, 0.15) is 11.6 Å². The number of aromatic nitrogens is 4. The first kappa shape index (κ1) is 21.2. The maximum absolute atomic E-state index is 14.5. The zero-order valence-electron chi connectivity index (χ0n) is 18.2. The van der Waals surface area contributed by atoms with Crippen molar-refractivity contribution in [1.29, 1.82) is 0 Å². The SMILES string of the molecule is CCC(Oc1ccc(C(=O)C2CC2)cc1)c1nnn(-c2ccc(C(=O)NC3CC3)c(F)c2)n1. The number of hydrogen-bond donors (Lipinski definition) is 1. The largest absolute Gasteiger partial charge is 0.482 e. The third-order valence-corrected chi connectivity index (χ3v) is 5.79. The first-order valence-electron chi connectivity index (χ1n) is 11.2. The standard InChI is InChI=1S/C24H24FN5O3/c1-2-21(33-18-10-5-15(6-11-18)22(31)14-3-4-14)23-27-29-30(28-23)17-9-12-19(20(25)13-17)24(32)26-16-7-8-16/h5-6,9-14,16,21H,2-4,7-8H2,1H3,(H,26,32). The molecule has 1 N–H and O–H groups in total. The summed E-state index contributed by atoms with van der Waals surface area (Å²) in [5.74, 6) is 0.244. The highest BCUT2D eigenvalue weighted by Crippen LogP contribution is 2.33. The molecule has 33 heavy (non-hydrogen) atoms. The molecule has 8 nitrogen and oxygen atoms in total. The molecule has 2 fully saturated rings. The number of carbonyl (C=O) groups is 2. The number of halogens is 1. The van der Waals surface area contributed by atoms with Gasteiger partial charge in [0.15, 0.2) is 11.9 Å². The Morgan fingerprint density at radius 3 is 2.55 bits per heavy atom. The summed E-state index contributed by atoms with van der Waals surface area (Å²) in [5, 5.41) is 15.2. The van der Waals surface area contributed by atoms with Crippen molar-refractivity contribution in [1.82, 2.24) is 25.5 Å². The zero-order valence-corrected chi connectivity index (χ0v) is 18.2. The van der Waals surface area contributed by atoms with Crippen molar-refractivity contribution in [3.63, 3.8) is 0 Å². The van der Waals surface area contributed by atoms with E-state index in [1.54, 1.807) is 30.3 Å². The molecule has 0 spiro atoms. The summed E-state index contributed by atoms with van der Waals surface area (Å²) in [6.07, 6.45) is 3.93. The Morgan fingerprint density at radius 1 is 1.15 bits per heavy atom. The van der Waals surface area contributed by atoms with E-state index in [-0.39, 0.29) is 23.3 Å². The topological polar surface area (TPSA) is 99.0 Å². The summed E-state index contributed by atoms with van der Waals surface area (Å²) in [6, 6.07) is 11.4. The zero-order chi connectivity index (χ0) is 22.9. The molecule has 2 aliphatic rings. The second-order valence-corrected chi connectivity index (χ2v) is 8.53. The lowest BCUT2D eigenvalue weighted by atomic mass is 10.1. The molecule has 5 rings (SSSR count). The lowest BCUT2D eigenvalue weighted by Crippen LogP contribution is -2.26. The molecular formula is C24H24FN5O3. The Morgan fingerprint density at radius 2 is 1.91 bits per heavy atom. The number of carbonyl (C=O) groups excluding carboxylic acids is 2. The highest BCUT2D eigenvalue weighted by atomic mass is 19.1. The van der Waals surface area contributed by atoms with Gasteiger partial charge in [-0.15, -0.1) is 15.0 Å². The van der Waals surface area contributed by atoms with Gasteiger partial charge < -0.3 is 10.1 Å². The van der Waals surface area contributed by atoms with E-state index in [9.17, 15) is 14.0 Å². The highest BCUT2D eigenvalue weighted by molar-refractivity contribution is 5.99. The van der Waals surface area contributed by atoms with Crippen molar-refractivity contribution >= 4 is 11.7 Å². The average Bonchev–Trinajstić information content (AvgIpc) is 3.76. The van der Waals surface area contributed by atoms with Gasteiger partial charge in [-0.25, -0.2) is 4.39 Å². The second kappa shape index (κ2) is 8.73. The summed E-state index contributed by atoms with van der Waals surface area (Å²) in [5.41, 5.74) is 1.04. The minimum absolute atomic E-state index is 0.00984. The fourth-order valence-corrected chi connectivity index (χ4v) is 3.53. The molecule has 2 aromatic carbocycles. The lowest BCUT2D eigenvalue weighted by molar-refractivity contribution is 0.0944. The van der Waals surface area contributed by atoms with Gasteiger partial charge in [0.05, 0.1) is 11.3 Å². The third-order valence-electron chi connectivity index (χ3n) is 5.79. The number of Topliss-reactive ketones (excluding diaryl/α,β-unsaturated/α-hetero) is 1. The minimum Gasteiger partial charge on any atom is -0.482 e. The van der Waals surface area contributed by atoms with Crippen molar-refractivity contribution in [2.75, 3.05) is 0 Å². The summed E-state index contributed by atoms with van der Waals surface area (Å²) in [7, 11) is 0. The number of ketones is 1.